The molecule has 0 aromatic heterocycles. The summed E-state index contributed by atoms with van der Waals surface area (Å²) in [5, 5.41) is 4.81. The molecule has 1 atom stereocenters. The van der Waals surface area contributed by atoms with E-state index in [-0.39, 0.29) is 17.9 Å². The van der Waals surface area contributed by atoms with Gasteiger partial charge in [0.2, 0.25) is 5.91 Å². The molecule has 118 valence electrons. The molecule has 0 radical (unpaired) electrons. The number of hydrogen-bond acceptors (Lipinski definition) is 2. The lowest BCUT2D eigenvalue weighted by Gasteiger charge is -2.33. The second-order valence-electron chi connectivity index (χ2n) is 6.19. The molecule has 1 aromatic carbocycles. The summed E-state index contributed by atoms with van der Waals surface area (Å²) in [6, 6.07) is 10.3. The van der Waals surface area contributed by atoms with E-state index in [9.17, 15) is 9.59 Å². The lowest BCUT2D eigenvalue weighted by molar-refractivity contribution is -0.678. The van der Waals surface area contributed by atoms with Gasteiger partial charge >= 0.3 is 0 Å². The molecule has 22 heavy (non-hydrogen) atoms. The molecular weight excluding hydrogens is 278 g/mol. The highest BCUT2D eigenvalue weighted by Gasteiger charge is 2.31. The molecular formula is C17H24N3O2+. The van der Waals surface area contributed by atoms with Crippen molar-refractivity contribution in [3.05, 3.63) is 35.9 Å². The summed E-state index contributed by atoms with van der Waals surface area (Å²) in [6.07, 6.45) is 2.34. The van der Waals surface area contributed by atoms with E-state index in [2.05, 4.69) is 29.6 Å². The van der Waals surface area contributed by atoms with Gasteiger partial charge in [0.15, 0.2) is 6.04 Å². The normalized spacial score (nSPS) is 23.2. The molecule has 2 aliphatic heterocycles. The summed E-state index contributed by atoms with van der Waals surface area (Å²) in [5.74, 6) is 0.665. The van der Waals surface area contributed by atoms with Gasteiger partial charge in [0.25, 0.3) is 5.91 Å². The monoisotopic (exact) mass is 302 g/mol. The molecule has 3 N–H and O–H groups in total. The minimum atomic E-state index is -0.243. The average Bonchev–Trinajstić information content (AvgIpc) is 2.58. The number of hydrogen-bond donors (Lipinski definition) is 2. The lowest BCUT2D eigenvalue weighted by atomic mass is 9.89. The van der Waals surface area contributed by atoms with Crippen LogP contribution in [0.15, 0.2) is 30.3 Å². The van der Waals surface area contributed by atoms with Crippen molar-refractivity contribution in [1.82, 2.24) is 10.2 Å². The Morgan fingerprint density at radius 1 is 1.23 bits per heavy atom. The number of likely N-dealkylation sites (tertiary alicyclic amines) is 1. The number of rotatable bonds is 3. The standard InChI is InChI=1S/C17H23N3O2/c21-16(12-15-17(22)19-9-8-18-15)20-10-6-14(7-11-20)13-4-2-1-3-5-13/h1-5,14-15,18H,6-12H2,(H,19,22)/p+1/t15-/m0/s1. The summed E-state index contributed by atoms with van der Waals surface area (Å²) in [5.41, 5.74) is 1.37. The number of benzene rings is 1. The molecule has 2 amide bonds. The van der Waals surface area contributed by atoms with E-state index < -0.39 is 0 Å². The fourth-order valence-electron chi connectivity index (χ4n) is 3.40. The van der Waals surface area contributed by atoms with Crippen molar-refractivity contribution in [3.63, 3.8) is 0 Å². The van der Waals surface area contributed by atoms with Gasteiger partial charge < -0.3 is 15.5 Å². The highest BCUT2D eigenvalue weighted by Crippen LogP contribution is 2.27. The molecule has 2 fully saturated rings. The predicted molar refractivity (Wildman–Crippen MR) is 83.2 cm³/mol. The minimum absolute atomic E-state index is 0.00114. The van der Waals surface area contributed by atoms with Gasteiger partial charge in [-0.2, -0.15) is 0 Å². The molecule has 2 saturated heterocycles. The van der Waals surface area contributed by atoms with E-state index in [0.29, 0.717) is 18.9 Å². The van der Waals surface area contributed by atoms with Crippen LogP contribution in [-0.2, 0) is 9.59 Å². The summed E-state index contributed by atoms with van der Waals surface area (Å²) >= 11 is 0. The van der Waals surface area contributed by atoms with Crippen molar-refractivity contribution in [3.8, 4) is 0 Å². The third kappa shape index (κ3) is 3.47. The molecule has 2 heterocycles. The zero-order chi connectivity index (χ0) is 15.4. The second kappa shape index (κ2) is 6.92. The number of piperidine rings is 1. The highest BCUT2D eigenvalue weighted by molar-refractivity contribution is 5.87. The quantitative estimate of drug-likeness (QED) is 0.815. The number of nitrogens with zero attached hydrogens (tertiary/aromatic N) is 1. The van der Waals surface area contributed by atoms with Gasteiger partial charge in [-0.05, 0) is 24.3 Å². The Hall–Kier alpha value is -1.88. The molecule has 3 rings (SSSR count). The van der Waals surface area contributed by atoms with E-state index in [1.54, 1.807) is 0 Å². The van der Waals surface area contributed by atoms with Gasteiger partial charge in [0.05, 0.1) is 19.5 Å². The first kappa shape index (κ1) is 15.0. The van der Waals surface area contributed by atoms with Gasteiger partial charge in [-0.25, -0.2) is 0 Å². The van der Waals surface area contributed by atoms with Crippen molar-refractivity contribution in [2.45, 2.75) is 31.2 Å². The molecule has 0 spiro atoms. The summed E-state index contributed by atoms with van der Waals surface area (Å²) in [7, 11) is 0. The largest absolute Gasteiger partial charge is 0.345 e. The maximum atomic E-state index is 12.4. The number of piperazine rings is 1. The molecule has 5 heteroatoms. The Bertz CT molecular complexity index is 524. The van der Waals surface area contributed by atoms with Crippen LogP contribution < -0.4 is 10.6 Å². The minimum Gasteiger partial charge on any atom is -0.345 e. The van der Waals surface area contributed by atoms with E-state index in [1.807, 2.05) is 16.3 Å². The molecule has 2 aliphatic rings. The number of nitrogens with one attached hydrogen (secondary N) is 1. The molecule has 0 aliphatic carbocycles. The summed E-state index contributed by atoms with van der Waals surface area (Å²) in [4.78, 5) is 26.0. The summed E-state index contributed by atoms with van der Waals surface area (Å²) in [6.45, 7) is 3.16. The van der Waals surface area contributed by atoms with Gasteiger partial charge in [-0.15, -0.1) is 0 Å². The van der Waals surface area contributed by atoms with E-state index in [0.717, 1.165) is 32.5 Å². The maximum absolute atomic E-state index is 12.4. The average molecular weight is 302 g/mol. The number of quaternary nitrogens is 1. The molecule has 5 nitrogen and oxygen atoms in total. The summed E-state index contributed by atoms with van der Waals surface area (Å²) < 4.78 is 0. The van der Waals surface area contributed by atoms with Crippen LogP contribution in [0.2, 0.25) is 0 Å². The number of nitrogens with two attached hydrogens (primary N) is 1. The van der Waals surface area contributed by atoms with Crippen LogP contribution in [0.1, 0.15) is 30.7 Å². The topological polar surface area (TPSA) is 66.0 Å². The predicted octanol–water partition coefficient (Wildman–Crippen LogP) is -0.155. The molecule has 0 saturated carbocycles. The zero-order valence-electron chi connectivity index (χ0n) is 12.8. The van der Waals surface area contributed by atoms with Gasteiger partial charge in [0, 0.05) is 13.1 Å². The van der Waals surface area contributed by atoms with Crippen LogP contribution >= 0.6 is 0 Å². The first-order valence-corrected chi connectivity index (χ1v) is 8.18. The first-order valence-electron chi connectivity index (χ1n) is 8.18. The zero-order valence-corrected chi connectivity index (χ0v) is 12.8. The Balaban J connectivity index is 1.50. The third-order valence-corrected chi connectivity index (χ3v) is 4.74. The SMILES string of the molecule is O=C1NCC[NH2+][C@H]1CC(=O)N1CCC(c2ccccc2)CC1. The smallest absolute Gasteiger partial charge is 0.278 e. The van der Waals surface area contributed by atoms with Crippen molar-refractivity contribution < 1.29 is 14.9 Å². The number of carbonyl (C=O) groups is 2. The molecule has 1 aromatic rings. The fourth-order valence-corrected chi connectivity index (χ4v) is 3.40. The Labute approximate surface area is 131 Å². The van der Waals surface area contributed by atoms with Crippen molar-refractivity contribution in [1.29, 1.82) is 0 Å². The van der Waals surface area contributed by atoms with Crippen LogP contribution in [0.25, 0.3) is 0 Å². The lowest BCUT2D eigenvalue weighted by Crippen LogP contribution is -2.96. The van der Waals surface area contributed by atoms with E-state index in [4.69, 9.17) is 0 Å². The van der Waals surface area contributed by atoms with Crippen molar-refractivity contribution in [2.24, 2.45) is 0 Å². The van der Waals surface area contributed by atoms with Gasteiger partial charge in [-0.3, -0.25) is 9.59 Å². The van der Waals surface area contributed by atoms with Crippen LogP contribution in [0.4, 0.5) is 0 Å². The third-order valence-electron chi connectivity index (χ3n) is 4.74. The van der Waals surface area contributed by atoms with Crippen molar-refractivity contribution >= 4 is 11.8 Å². The van der Waals surface area contributed by atoms with Gasteiger partial charge in [0.1, 0.15) is 0 Å². The van der Waals surface area contributed by atoms with Crippen molar-refractivity contribution in [2.75, 3.05) is 26.2 Å². The van der Waals surface area contributed by atoms with E-state index >= 15 is 0 Å². The second-order valence-corrected chi connectivity index (χ2v) is 6.19. The molecule has 0 unspecified atom stereocenters. The Morgan fingerprint density at radius 3 is 2.64 bits per heavy atom. The number of amides is 2. The van der Waals surface area contributed by atoms with Crippen LogP contribution in [0.5, 0.6) is 0 Å². The number of carbonyl (C=O) groups excluding carboxylic acids is 2. The van der Waals surface area contributed by atoms with Crippen LogP contribution in [0, 0.1) is 0 Å². The Kier molecular flexibility index (Phi) is 4.73. The Morgan fingerprint density at radius 2 is 1.95 bits per heavy atom. The first-order chi connectivity index (χ1) is 10.7. The van der Waals surface area contributed by atoms with E-state index in [1.165, 1.54) is 5.56 Å². The van der Waals surface area contributed by atoms with Crippen LogP contribution in [-0.4, -0.2) is 48.9 Å². The van der Waals surface area contributed by atoms with Gasteiger partial charge in [-0.1, -0.05) is 30.3 Å². The highest BCUT2D eigenvalue weighted by atomic mass is 16.2. The fraction of sp³-hybridized carbons (Fsp3) is 0.529. The maximum Gasteiger partial charge on any atom is 0.278 e. The molecule has 0 bridgehead atoms. The van der Waals surface area contributed by atoms with Crippen LogP contribution in [0.3, 0.4) is 0 Å².